The van der Waals surface area contributed by atoms with Gasteiger partial charge in [-0.05, 0) is 61.0 Å². The minimum absolute atomic E-state index is 0.451. The second-order valence-corrected chi connectivity index (χ2v) is 5.94. The average Bonchev–Trinajstić information content (AvgIpc) is 2.90. The van der Waals surface area contributed by atoms with Crippen LogP contribution in [0, 0.1) is 0 Å². The normalized spacial score (nSPS) is 14.7. The summed E-state index contributed by atoms with van der Waals surface area (Å²) in [7, 11) is 0. The first-order valence-corrected chi connectivity index (χ1v) is 8.14. The number of carbonyl (C=O) groups is 2. The highest BCUT2D eigenvalue weighted by Gasteiger charge is 2.26. The number of carbonyl (C=O) groups excluding carboxylic acids is 1. The number of amides is 1. The van der Waals surface area contributed by atoms with Gasteiger partial charge in [0.1, 0.15) is 6.04 Å². The van der Waals surface area contributed by atoms with E-state index in [2.05, 4.69) is 0 Å². The van der Waals surface area contributed by atoms with Crippen LogP contribution in [0.15, 0.2) is 18.2 Å². The molecule has 0 spiro atoms. The lowest BCUT2D eigenvalue weighted by Crippen LogP contribution is -2.41. The van der Waals surface area contributed by atoms with Gasteiger partial charge in [0.15, 0.2) is 0 Å². The van der Waals surface area contributed by atoms with Crippen LogP contribution in [0.2, 0.25) is 0 Å². The van der Waals surface area contributed by atoms with Crippen molar-refractivity contribution in [2.75, 3.05) is 16.9 Å². The van der Waals surface area contributed by atoms with Crippen molar-refractivity contribution in [2.24, 2.45) is 0 Å². The molecule has 2 rings (SSSR count). The molecule has 0 radical (unpaired) electrons. The fraction of sp³-hybridized carbons (Fsp3) is 0.467. The number of aryl methyl sites for hydroxylation is 2. The Morgan fingerprint density at radius 1 is 1.45 bits per heavy atom. The Kier molecular flexibility index (Phi) is 5.06. The third-order valence-electron chi connectivity index (χ3n) is 3.71. The number of rotatable bonds is 7. The Balaban J connectivity index is 2.25. The molecule has 1 aliphatic rings. The molecule has 0 aliphatic heterocycles. The number of carboxylic acids is 1. The lowest BCUT2D eigenvalue weighted by atomic mass is 10.1. The standard InChI is InChI=1S/C15H19NO3S/c1-20-8-7-14(15(18)19)16(10-17)13-6-5-11-3-2-4-12(11)9-13/h5-6,9-10,14H,2-4,7-8H2,1H3,(H,18,19). The molecule has 1 atom stereocenters. The lowest BCUT2D eigenvalue weighted by Gasteiger charge is -2.25. The summed E-state index contributed by atoms with van der Waals surface area (Å²) in [6.45, 7) is 0. The Bertz CT molecular complexity index is 504. The van der Waals surface area contributed by atoms with Crippen LogP contribution in [0.1, 0.15) is 24.0 Å². The molecule has 1 aromatic rings. The maximum atomic E-state index is 11.4. The van der Waals surface area contributed by atoms with Crippen LogP contribution in [0.4, 0.5) is 5.69 Å². The van der Waals surface area contributed by atoms with Gasteiger partial charge in [-0.2, -0.15) is 11.8 Å². The van der Waals surface area contributed by atoms with Crippen molar-refractivity contribution in [1.82, 2.24) is 0 Å². The molecule has 1 aliphatic carbocycles. The van der Waals surface area contributed by atoms with Crippen LogP contribution >= 0.6 is 11.8 Å². The Hall–Kier alpha value is -1.49. The molecule has 4 nitrogen and oxygen atoms in total. The predicted molar refractivity (Wildman–Crippen MR) is 81.4 cm³/mol. The van der Waals surface area contributed by atoms with E-state index in [-0.39, 0.29) is 0 Å². The van der Waals surface area contributed by atoms with Gasteiger partial charge in [-0.25, -0.2) is 4.79 Å². The Morgan fingerprint density at radius 3 is 2.85 bits per heavy atom. The van der Waals surface area contributed by atoms with E-state index in [4.69, 9.17) is 0 Å². The molecule has 1 aromatic carbocycles. The van der Waals surface area contributed by atoms with Gasteiger partial charge in [-0.15, -0.1) is 0 Å². The molecule has 1 N–H and O–H groups in total. The van der Waals surface area contributed by atoms with Crippen molar-refractivity contribution in [3.8, 4) is 0 Å². The monoisotopic (exact) mass is 293 g/mol. The number of hydrogen-bond donors (Lipinski definition) is 1. The zero-order valence-electron chi connectivity index (χ0n) is 11.5. The zero-order valence-corrected chi connectivity index (χ0v) is 12.4. The topological polar surface area (TPSA) is 57.6 Å². The third-order valence-corrected chi connectivity index (χ3v) is 4.35. The van der Waals surface area contributed by atoms with E-state index in [1.54, 1.807) is 11.8 Å². The molecule has 1 unspecified atom stereocenters. The fourth-order valence-electron chi connectivity index (χ4n) is 2.64. The molecule has 0 aromatic heterocycles. The molecule has 1 amide bonds. The summed E-state index contributed by atoms with van der Waals surface area (Å²) in [6.07, 6.45) is 6.24. The van der Waals surface area contributed by atoms with Gasteiger partial charge in [0.2, 0.25) is 6.41 Å². The van der Waals surface area contributed by atoms with E-state index in [1.807, 2.05) is 24.5 Å². The summed E-state index contributed by atoms with van der Waals surface area (Å²) in [4.78, 5) is 24.1. The van der Waals surface area contributed by atoms with Crippen molar-refractivity contribution in [3.05, 3.63) is 29.3 Å². The van der Waals surface area contributed by atoms with Crippen LogP contribution in [0.5, 0.6) is 0 Å². The van der Waals surface area contributed by atoms with Gasteiger partial charge >= 0.3 is 5.97 Å². The molecule has 0 fully saturated rings. The zero-order chi connectivity index (χ0) is 14.5. The predicted octanol–water partition coefficient (Wildman–Crippen LogP) is 2.34. The number of benzene rings is 1. The second kappa shape index (κ2) is 6.79. The van der Waals surface area contributed by atoms with Gasteiger partial charge in [0.05, 0.1) is 0 Å². The Morgan fingerprint density at radius 2 is 2.20 bits per heavy atom. The molecule has 0 saturated carbocycles. The molecule has 108 valence electrons. The smallest absolute Gasteiger partial charge is 0.326 e. The van der Waals surface area contributed by atoms with Crippen LogP contribution in [0.25, 0.3) is 0 Å². The fourth-order valence-corrected chi connectivity index (χ4v) is 3.10. The second-order valence-electron chi connectivity index (χ2n) is 4.95. The van der Waals surface area contributed by atoms with Crippen molar-refractivity contribution in [3.63, 3.8) is 0 Å². The first-order valence-electron chi connectivity index (χ1n) is 6.74. The number of thioether (sulfide) groups is 1. The number of carboxylic acid groups (broad SMARTS) is 1. The minimum atomic E-state index is -0.952. The lowest BCUT2D eigenvalue weighted by molar-refractivity contribution is -0.139. The van der Waals surface area contributed by atoms with Gasteiger partial charge in [-0.3, -0.25) is 4.79 Å². The number of fused-ring (bicyclic) bond motifs is 1. The number of anilines is 1. The highest BCUT2D eigenvalue weighted by atomic mass is 32.2. The number of nitrogens with zero attached hydrogens (tertiary/aromatic N) is 1. The number of aliphatic carboxylic acids is 1. The van der Waals surface area contributed by atoms with Gasteiger partial charge < -0.3 is 10.0 Å². The summed E-state index contributed by atoms with van der Waals surface area (Å²) in [5, 5.41) is 9.35. The van der Waals surface area contributed by atoms with E-state index in [1.165, 1.54) is 16.0 Å². The van der Waals surface area contributed by atoms with Crippen molar-refractivity contribution >= 4 is 29.8 Å². The quantitative estimate of drug-likeness (QED) is 0.784. The first kappa shape index (κ1) is 14.9. The molecular formula is C15H19NO3S. The number of hydrogen-bond acceptors (Lipinski definition) is 3. The largest absolute Gasteiger partial charge is 0.480 e. The maximum absolute atomic E-state index is 11.4. The molecule has 0 saturated heterocycles. The summed E-state index contributed by atoms with van der Waals surface area (Å²) >= 11 is 1.58. The SMILES string of the molecule is CSCCC(C(=O)O)N(C=O)c1ccc2c(c1)CCC2. The van der Waals surface area contributed by atoms with Crippen LogP contribution in [-0.4, -0.2) is 35.5 Å². The van der Waals surface area contributed by atoms with Gasteiger partial charge in [0, 0.05) is 5.69 Å². The van der Waals surface area contributed by atoms with Crippen molar-refractivity contribution in [2.45, 2.75) is 31.7 Å². The van der Waals surface area contributed by atoms with E-state index >= 15 is 0 Å². The van der Waals surface area contributed by atoms with E-state index < -0.39 is 12.0 Å². The van der Waals surface area contributed by atoms with Crippen LogP contribution in [-0.2, 0) is 22.4 Å². The van der Waals surface area contributed by atoms with Crippen molar-refractivity contribution in [1.29, 1.82) is 0 Å². The maximum Gasteiger partial charge on any atom is 0.326 e. The molecular weight excluding hydrogens is 274 g/mol. The van der Waals surface area contributed by atoms with E-state index in [0.717, 1.165) is 19.3 Å². The van der Waals surface area contributed by atoms with E-state index in [9.17, 15) is 14.7 Å². The molecule has 5 heteroatoms. The van der Waals surface area contributed by atoms with E-state index in [0.29, 0.717) is 24.3 Å². The van der Waals surface area contributed by atoms with Crippen LogP contribution in [0.3, 0.4) is 0 Å². The molecule has 20 heavy (non-hydrogen) atoms. The van der Waals surface area contributed by atoms with Gasteiger partial charge in [-0.1, -0.05) is 6.07 Å². The van der Waals surface area contributed by atoms with Crippen LogP contribution < -0.4 is 4.90 Å². The summed E-state index contributed by atoms with van der Waals surface area (Å²) < 4.78 is 0. The summed E-state index contributed by atoms with van der Waals surface area (Å²) in [5.74, 6) is -0.238. The average molecular weight is 293 g/mol. The minimum Gasteiger partial charge on any atom is -0.480 e. The summed E-state index contributed by atoms with van der Waals surface area (Å²) in [5.41, 5.74) is 3.24. The van der Waals surface area contributed by atoms with Gasteiger partial charge in [0.25, 0.3) is 0 Å². The highest BCUT2D eigenvalue weighted by molar-refractivity contribution is 7.98. The third kappa shape index (κ3) is 3.15. The van der Waals surface area contributed by atoms with Crippen molar-refractivity contribution < 1.29 is 14.7 Å². The molecule has 0 heterocycles. The Labute approximate surface area is 123 Å². The molecule has 0 bridgehead atoms. The highest BCUT2D eigenvalue weighted by Crippen LogP contribution is 2.27. The summed E-state index contributed by atoms with van der Waals surface area (Å²) in [6, 6.07) is 5.04. The first-order chi connectivity index (χ1) is 9.67.